The van der Waals surface area contributed by atoms with Crippen molar-refractivity contribution in [3.8, 4) is 0 Å². The third-order valence-corrected chi connectivity index (χ3v) is 3.23. The molecular weight excluding hydrogens is 252 g/mol. The van der Waals surface area contributed by atoms with Gasteiger partial charge in [0.2, 0.25) is 5.95 Å². The number of nitrogens with one attached hydrogen (secondary N) is 1. The number of ether oxygens (including phenoxy) is 1. The molecule has 0 aliphatic heterocycles. The van der Waals surface area contributed by atoms with Crippen molar-refractivity contribution in [1.29, 1.82) is 0 Å². The van der Waals surface area contributed by atoms with E-state index in [1.807, 2.05) is 25.4 Å². The van der Waals surface area contributed by atoms with E-state index in [1.165, 1.54) is 11.1 Å². The maximum absolute atomic E-state index is 5.09. The minimum absolute atomic E-state index is 0.737. The van der Waals surface area contributed by atoms with Crippen LogP contribution in [0.1, 0.15) is 23.2 Å². The van der Waals surface area contributed by atoms with Gasteiger partial charge in [-0.05, 0) is 37.5 Å². The van der Waals surface area contributed by atoms with Gasteiger partial charge in [0.15, 0.2) is 0 Å². The molecule has 0 aliphatic rings. The number of imidazole rings is 1. The van der Waals surface area contributed by atoms with Gasteiger partial charge in [-0.15, -0.1) is 0 Å². The van der Waals surface area contributed by atoms with Crippen molar-refractivity contribution in [3.63, 3.8) is 0 Å². The maximum Gasteiger partial charge on any atom is 0.203 e. The van der Waals surface area contributed by atoms with Crippen molar-refractivity contribution in [2.24, 2.45) is 0 Å². The minimum Gasteiger partial charge on any atom is -0.385 e. The van der Waals surface area contributed by atoms with Gasteiger partial charge in [-0.25, -0.2) is 4.98 Å². The van der Waals surface area contributed by atoms with E-state index in [4.69, 9.17) is 4.74 Å². The summed E-state index contributed by atoms with van der Waals surface area (Å²) in [5.74, 6) is 0.904. The van der Waals surface area contributed by atoms with E-state index in [0.717, 1.165) is 37.8 Å². The molecule has 5 heteroatoms. The number of aryl methyl sites for hydroxylation is 3. The van der Waals surface area contributed by atoms with Crippen molar-refractivity contribution in [1.82, 2.24) is 14.5 Å². The summed E-state index contributed by atoms with van der Waals surface area (Å²) in [4.78, 5) is 8.69. The van der Waals surface area contributed by atoms with Crippen molar-refractivity contribution >= 4 is 5.95 Å². The molecule has 20 heavy (non-hydrogen) atoms. The number of anilines is 1. The van der Waals surface area contributed by atoms with Crippen LogP contribution in [-0.4, -0.2) is 28.3 Å². The van der Waals surface area contributed by atoms with Gasteiger partial charge in [-0.3, -0.25) is 4.98 Å². The van der Waals surface area contributed by atoms with Crippen LogP contribution in [-0.2, 0) is 17.8 Å². The number of pyridine rings is 1. The number of nitrogens with zero attached hydrogens (tertiary/aromatic N) is 3. The summed E-state index contributed by atoms with van der Waals surface area (Å²) in [6, 6.07) is 2.02. The third-order valence-electron chi connectivity index (χ3n) is 3.23. The molecule has 0 fully saturated rings. The van der Waals surface area contributed by atoms with Crippen LogP contribution in [0.2, 0.25) is 0 Å². The van der Waals surface area contributed by atoms with E-state index in [0.29, 0.717) is 0 Å². The summed E-state index contributed by atoms with van der Waals surface area (Å²) in [6.07, 6.45) is 6.75. The third kappa shape index (κ3) is 3.81. The average molecular weight is 274 g/mol. The normalized spacial score (nSPS) is 10.8. The Kier molecular flexibility index (Phi) is 5.12. The number of hydrogen-bond donors (Lipinski definition) is 1. The fourth-order valence-corrected chi connectivity index (χ4v) is 2.09. The smallest absolute Gasteiger partial charge is 0.203 e. The standard InChI is InChI=1S/C15H22N4O/c1-12-5-6-16-9-14(12)10-17-15-18-13(2)11-19(15)7-4-8-20-3/h5-6,9,11H,4,7-8,10H2,1-3H3,(H,17,18). The van der Waals surface area contributed by atoms with E-state index in [9.17, 15) is 0 Å². The van der Waals surface area contributed by atoms with Crippen LogP contribution in [0.15, 0.2) is 24.7 Å². The van der Waals surface area contributed by atoms with Gasteiger partial charge in [0.1, 0.15) is 0 Å². The second-order valence-electron chi connectivity index (χ2n) is 4.90. The van der Waals surface area contributed by atoms with Crippen LogP contribution in [0.5, 0.6) is 0 Å². The summed E-state index contributed by atoms with van der Waals surface area (Å²) in [6.45, 7) is 6.50. The Labute approximate surface area is 120 Å². The molecule has 0 saturated heterocycles. The quantitative estimate of drug-likeness (QED) is 0.788. The lowest BCUT2D eigenvalue weighted by atomic mass is 10.2. The van der Waals surface area contributed by atoms with Gasteiger partial charge in [0.05, 0.1) is 5.69 Å². The highest BCUT2D eigenvalue weighted by atomic mass is 16.5. The largest absolute Gasteiger partial charge is 0.385 e. The van der Waals surface area contributed by atoms with E-state index in [1.54, 1.807) is 7.11 Å². The molecule has 2 aromatic rings. The molecule has 0 atom stereocenters. The lowest BCUT2D eigenvalue weighted by molar-refractivity contribution is 0.190. The summed E-state index contributed by atoms with van der Waals surface area (Å²) in [5, 5.41) is 3.39. The molecule has 0 aliphatic carbocycles. The fourth-order valence-electron chi connectivity index (χ4n) is 2.09. The average Bonchev–Trinajstić information content (AvgIpc) is 2.78. The topological polar surface area (TPSA) is 52.0 Å². The lowest BCUT2D eigenvalue weighted by Crippen LogP contribution is -2.09. The first kappa shape index (κ1) is 14.5. The Bertz CT molecular complexity index is 551. The van der Waals surface area contributed by atoms with Crippen LogP contribution in [0.3, 0.4) is 0 Å². The van der Waals surface area contributed by atoms with E-state index < -0.39 is 0 Å². The van der Waals surface area contributed by atoms with Crippen molar-refractivity contribution < 1.29 is 4.74 Å². The Morgan fingerprint density at radius 1 is 1.35 bits per heavy atom. The van der Waals surface area contributed by atoms with Gasteiger partial charge >= 0.3 is 0 Å². The summed E-state index contributed by atoms with van der Waals surface area (Å²) >= 11 is 0. The molecule has 0 aromatic carbocycles. The highest BCUT2D eigenvalue weighted by molar-refractivity contribution is 5.32. The number of methoxy groups -OCH3 is 1. The zero-order valence-electron chi connectivity index (χ0n) is 12.4. The molecule has 5 nitrogen and oxygen atoms in total. The molecule has 0 amide bonds. The first-order valence-corrected chi connectivity index (χ1v) is 6.87. The molecular formula is C15H22N4O. The second-order valence-corrected chi connectivity index (χ2v) is 4.90. The Morgan fingerprint density at radius 3 is 2.95 bits per heavy atom. The molecule has 0 spiro atoms. The SMILES string of the molecule is COCCCn1cc(C)nc1NCc1cnccc1C. The second kappa shape index (κ2) is 7.05. The monoisotopic (exact) mass is 274 g/mol. The summed E-state index contributed by atoms with van der Waals surface area (Å²) < 4.78 is 7.23. The van der Waals surface area contributed by atoms with Crippen molar-refractivity contribution in [3.05, 3.63) is 41.5 Å². The van der Waals surface area contributed by atoms with E-state index in [-0.39, 0.29) is 0 Å². The first-order chi connectivity index (χ1) is 9.70. The molecule has 108 valence electrons. The van der Waals surface area contributed by atoms with Crippen LogP contribution in [0, 0.1) is 13.8 Å². The number of hydrogen-bond acceptors (Lipinski definition) is 4. The van der Waals surface area contributed by atoms with Crippen LogP contribution < -0.4 is 5.32 Å². The molecule has 2 rings (SSSR count). The molecule has 0 bridgehead atoms. The summed E-state index contributed by atoms with van der Waals surface area (Å²) in [5.41, 5.74) is 3.45. The molecule has 0 saturated carbocycles. The van der Waals surface area contributed by atoms with Crippen LogP contribution in [0.4, 0.5) is 5.95 Å². The van der Waals surface area contributed by atoms with Gasteiger partial charge in [0.25, 0.3) is 0 Å². The zero-order chi connectivity index (χ0) is 14.4. The van der Waals surface area contributed by atoms with Gasteiger partial charge < -0.3 is 14.6 Å². The van der Waals surface area contributed by atoms with Gasteiger partial charge in [-0.1, -0.05) is 0 Å². The van der Waals surface area contributed by atoms with Gasteiger partial charge in [0, 0.05) is 45.4 Å². The zero-order valence-corrected chi connectivity index (χ0v) is 12.4. The van der Waals surface area contributed by atoms with E-state index >= 15 is 0 Å². The predicted molar refractivity (Wildman–Crippen MR) is 79.8 cm³/mol. The van der Waals surface area contributed by atoms with Crippen molar-refractivity contribution in [2.75, 3.05) is 19.0 Å². The Balaban J connectivity index is 2.00. The highest BCUT2D eigenvalue weighted by Gasteiger charge is 2.06. The fraction of sp³-hybridized carbons (Fsp3) is 0.467. The molecule has 0 radical (unpaired) electrons. The highest BCUT2D eigenvalue weighted by Crippen LogP contribution is 2.12. The number of aromatic nitrogens is 3. The minimum atomic E-state index is 0.737. The van der Waals surface area contributed by atoms with Crippen LogP contribution >= 0.6 is 0 Å². The molecule has 2 aromatic heterocycles. The molecule has 2 heterocycles. The van der Waals surface area contributed by atoms with Crippen molar-refractivity contribution in [2.45, 2.75) is 33.4 Å². The van der Waals surface area contributed by atoms with Crippen LogP contribution in [0.25, 0.3) is 0 Å². The van der Waals surface area contributed by atoms with Gasteiger partial charge in [-0.2, -0.15) is 0 Å². The number of rotatable bonds is 7. The predicted octanol–water partition coefficient (Wildman–Crippen LogP) is 2.54. The van der Waals surface area contributed by atoms with E-state index in [2.05, 4.69) is 33.0 Å². The molecule has 0 unspecified atom stereocenters. The first-order valence-electron chi connectivity index (χ1n) is 6.87. The lowest BCUT2D eigenvalue weighted by Gasteiger charge is -2.10. The Morgan fingerprint density at radius 2 is 2.20 bits per heavy atom. The Hall–Kier alpha value is -1.88. The molecule has 1 N–H and O–H groups in total. The maximum atomic E-state index is 5.09. The summed E-state index contributed by atoms with van der Waals surface area (Å²) in [7, 11) is 1.73.